The van der Waals surface area contributed by atoms with E-state index in [-0.39, 0.29) is 27.8 Å². The molecule has 0 bridgehead atoms. The Hall–Kier alpha value is -4.82. The van der Waals surface area contributed by atoms with Crippen LogP contribution in [0.4, 0.5) is 5.69 Å². The number of benzene rings is 2. The Kier molecular flexibility index (Phi) is 7.36. The van der Waals surface area contributed by atoms with E-state index in [1.54, 1.807) is 49.5 Å². The molecule has 0 fully saturated rings. The molecule has 0 aliphatic heterocycles. The van der Waals surface area contributed by atoms with Crippen molar-refractivity contribution in [1.82, 2.24) is 15.2 Å². The molecule has 11 heteroatoms. The van der Waals surface area contributed by atoms with Gasteiger partial charge in [-0.1, -0.05) is 12.1 Å². The second-order valence-electron chi connectivity index (χ2n) is 8.48. The molecule has 2 N–H and O–H groups in total. The standard InChI is InChI=1S/C27H24N6O4S/c1-16-8-10-21(30-15-16)25-17(2)24(26(34)31-19-6-5-7-20(13-19)38(4,29)35)27(33-32-25)37-22-11-9-18(14-28)12-23(22)36-3/h5-13,15,29H,1-4H3,(H,31,34). The van der Waals surface area contributed by atoms with E-state index in [9.17, 15) is 14.3 Å². The number of hydrogen-bond acceptors (Lipinski definition) is 9. The predicted molar refractivity (Wildman–Crippen MR) is 142 cm³/mol. The Labute approximate surface area is 220 Å². The molecular weight excluding hydrogens is 504 g/mol. The van der Waals surface area contributed by atoms with Crippen LogP contribution in [0.3, 0.4) is 0 Å². The van der Waals surface area contributed by atoms with E-state index in [1.807, 2.05) is 19.1 Å². The van der Waals surface area contributed by atoms with Crippen LogP contribution in [-0.4, -0.2) is 38.7 Å². The molecule has 0 spiro atoms. The first-order valence-corrected chi connectivity index (χ1v) is 13.3. The first kappa shape index (κ1) is 26.2. The number of methoxy groups -OCH3 is 1. The van der Waals surface area contributed by atoms with Crippen LogP contribution in [0.15, 0.2) is 65.7 Å². The zero-order valence-electron chi connectivity index (χ0n) is 21.1. The molecule has 0 aliphatic rings. The van der Waals surface area contributed by atoms with Gasteiger partial charge in [0.05, 0.1) is 34.2 Å². The number of nitrogens with zero attached hydrogens (tertiary/aromatic N) is 4. The highest BCUT2D eigenvalue weighted by Gasteiger charge is 2.24. The van der Waals surface area contributed by atoms with E-state index in [4.69, 9.17) is 14.3 Å². The number of hydrogen-bond donors (Lipinski definition) is 2. The molecule has 192 valence electrons. The fraction of sp³-hybridized carbons (Fsp3) is 0.148. The number of nitrogens with one attached hydrogen (secondary N) is 2. The van der Waals surface area contributed by atoms with Crippen molar-refractivity contribution in [3.63, 3.8) is 0 Å². The van der Waals surface area contributed by atoms with E-state index < -0.39 is 15.6 Å². The summed E-state index contributed by atoms with van der Waals surface area (Å²) in [5.41, 5.74) is 3.17. The van der Waals surface area contributed by atoms with Gasteiger partial charge in [0, 0.05) is 29.1 Å². The van der Waals surface area contributed by atoms with Gasteiger partial charge in [0.1, 0.15) is 11.3 Å². The van der Waals surface area contributed by atoms with E-state index >= 15 is 0 Å². The Morgan fingerprint density at radius 3 is 2.53 bits per heavy atom. The van der Waals surface area contributed by atoms with Gasteiger partial charge in [-0.25, -0.2) is 8.99 Å². The molecule has 10 nitrogen and oxygen atoms in total. The molecule has 1 amide bonds. The summed E-state index contributed by atoms with van der Waals surface area (Å²) in [7, 11) is -1.55. The van der Waals surface area contributed by atoms with Crippen molar-refractivity contribution in [2.45, 2.75) is 18.7 Å². The van der Waals surface area contributed by atoms with Gasteiger partial charge in [-0.2, -0.15) is 5.26 Å². The molecule has 4 aromatic rings. The van der Waals surface area contributed by atoms with Gasteiger partial charge in [-0.3, -0.25) is 9.78 Å². The summed E-state index contributed by atoms with van der Waals surface area (Å²) in [5.74, 6) is -0.134. The van der Waals surface area contributed by atoms with Crippen molar-refractivity contribution in [3.8, 4) is 34.8 Å². The molecule has 0 radical (unpaired) electrons. The lowest BCUT2D eigenvalue weighted by Crippen LogP contribution is -2.17. The summed E-state index contributed by atoms with van der Waals surface area (Å²) < 4.78 is 31.4. The summed E-state index contributed by atoms with van der Waals surface area (Å²) in [6, 6.07) is 16.6. The third kappa shape index (κ3) is 5.61. The molecule has 4 rings (SSSR count). The summed E-state index contributed by atoms with van der Waals surface area (Å²) in [5, 5.41) is 20.5. The summed E-state index contributed by atoms with van der Waals surface area (Å²) in [6.45, 7) is 3.62. The summed E-state index contributed by atoms with van der Waals surface area (Å²) in [6.07, 6.45) is 3.00. The lowest BCUT2D eigenvalue weighted by Gasteiger charge is -2.16. The van der Waals surface area contributed by atoms with Crippen LogP contribution in [0.2, 0.25) is 0 Å². The lowest BCUT2D eigenvalue weighted by atomic mass is 10.1. The maximum Gasteiger partial charge on any atom is 0.261 e. The Morgan fingerprint density at radius 2 is 1.87 bits per heavy atom. The third-order valence-corrected chi connectivity index (χ3v) is 6.76. The molecule has 38 heavy (non-hydrogen) atoms. The van der Waals surface area contributed by atoms with Gasteiger partial charge in [-0.05, 0) is 61.4 Å². The van der Waals surface area contributed by atoms with E-state index in [1.165, 1.54) is 25.5 Å². The van der Waals surface area contributed by atoms with Gasteiger partial charge in [0.2, 0.25) is 0 Å². The first-order chi connectivity index (χ1) is 18.1. The molecule has 0 aliphatic carbocycles. The van der Waals surface area contributed by atoms with Gasteiger partial charge in [-0.15, -0.1) is 10.2 Å². The molecule has 0 saturated heterocycles. The summed E-state index contributed by atoms with van der Waals surface area (Å²) in [4.78, 5) is 18.3. The monoisotopic (exact) mass is 528 g/mol. The minimum atomic E-state index is -2.99. The number of amides is 1. The van der Waals surface area contributed by atoms with E-state index in [0.29, 0.717) is 28.2 Å². The molecule has 2 aromatic heterocycles. The number of aromatic nitrogens is 3. The largest absolute Gasteiger partial charge is 0.493 e. The normalized spacial score (nSPS) is 12.2. The fourth-order valence-electron chi connectivity index (χ4n) is 3.62. The van der Waals surface area contributed by atoms with Crippen molar-refractivity contribution in [2.75, 3.05) is 18.7 Å². The number of carbonyl (C=O) groups excluding carboxylic acids is 1. The number of rotatable bonds is 7. The molecule has 0 saturated carbocycles. The maximum atomic E-state index is 13.6. The SMILES string of the molecule is COc1cc(C#N)ccc1Oc1nnc(-c2ccc(C)cn2)c(C)c1C(=O)Nc1cccc(S(C)(=N)=O)c1. The van der Waals surface area contributed by atoms with Crippen LogP contribution in [-0.2, 0) is 9.73 Å². The van der Waals surface area contributed by atoms with Gasteiger partial charge in [0.15, 0.2) is 11.5 Å². The number of aryl methyl sites for hydroxylation is 1. The number of anilines is 1. The quantitative estimate of drug-likeness (QED) is 0.336. The van der Waals surface area contributed by atoms with Gasteiger partial charge < -0.3 is 14.8 Å². The number of nitriles is 1. The van der Waals surface area contributed by atoms with Crippen molar-refractivity contribution in [2.24, 2.45) is 0 Å². The zero-order chi connectivity index (χ0) is 27.4. The first-order valence-electron chi connectivity index (χ1n) is 11.3. The molecule has 1 unspecified atom stereocenters. The molecule has 1 atom stereocenters. The van der Waals surface area contributed by atoms with Gasteiger partial charge >= 0.3 is 0 Å². The Morgan fingerprint density at radius 1 is 1.08 bits per heavy atom. The lowest BCUT2D eigenvalue weighted by molar-refractivity contribution is 0.102. The molecule has 2 heterocycles. The van der Waals surface area contributed by atoms with Gasteiger partial charge in [0.25, 0.3) is 11.8 Å². The Balaban J connectivity index is 1.81. The van der Waals surface area contributed by atoms with Crippen LogP contribution in [0.1, 0.15) is 27.0 Å². The van der Waals surface area contributed by atoms with E-state index in [2.05, 4.69) is 20.5 Å². The number of ether oxygens (including phenoxy) is 2. The van der Waals surface area contributed by atoms with Crippen LogP contribution in [0.25, 0.3) is 11.4 Å². The highest BCUT2D eigenvalue weighted by atomic mass is 32.2. The number of pyridine rings is 1. The average Bonchev–Trinajstić information content (AvgIpc) is 2.89. The van der Waals surface area contributed by atoms with E-state index in [0.717, 1.165) is 5.56 Å². The van der Waals surface area contributed by atoms with Crippen LogP contribution >= 0.6 is 0 Å². The minimum absolute atomic E-state index is 0.0881. The molecule has 2 aromatic carbocycles. The number of carbonyl (C=O) groups is 1. The molecular formula is C27H24N6O4S. The maximum absolute atomic E-state index is 13.6. The van der Waals surface area contributed by atoms with Crippen LogP contribution in [0.5, 0.6) is 17.4 Å². The zero-order valence-corrected chi connectivity index (χ0v) is 21.9. The highest BCUT2D eigenvalue weighted by Crippen LogP contribution is 2.35. The second-order valence-corrected chi connectivity index (χ2v) is 10.6. The second kappa shape index (κ2) is 10.7. The van der Waals surface area contributed by atoms with Crippen LogP contribution in [0, 0.1) is 30.0 Å². The highest BCUT2D eigenvalue weighted by molar-refractivity contribution is 7.91. The van der Waals surface area contributed by atoms with Crippen molar-refractivity contribution < 1.29 is 18.5 Å². The van der Waals surface area contributed by atoms with Crippen LogP contribution < -0.4 is 14.8 Å². The average molecular weight is 529 g/mol. The minimum Gasteiger partial charge on any atom is -0.493 e. The third-order valence-electron chi connectivity index (χ3n) is 5.61. The Bertz CT molecular complexity index is 1680. The summed E-state index contributed by atoms with van der Waals surface area (Å²) >= 11 is 0. The van der Waals surface area contributed by atoms with Crippen molar-refractivity contribution in [1.29, 1.82) is 10.0 Å². The smallest absolute Gasteiger partial charge is 0.261 e. The predicted octanol–water partition coefficient (Wildman–Crippen LogP) is 5.12. The van der Waals surface area contributed by atoms with Crippen molar-refractivity contribution in [3.05, 3.63) is 83.0 Å². The van der Waals surface area contributed by atoms with Crippen molar-refractivity contribution >= 4 is 21.3 Å². The topological polar surface area (TPSA) is 151 Å². The fourth-order valence-corrected chi connectivity index (χ4v) is 4.31.